The van der Waals surface area contributed by atoms with Gasteiger partial charge in [-0.2, -0.15) is 0 Å². The molecule has 0 spiro atoms. The van der Waals surface area contributed by atoms with Crippen LogP contribution in [0.4, 0.5) is 19.2 Å². The molecule has 0 bridgehead atoms. The number of ether oxygens (including phenoxy) is 6. The molecule has 0 heterocycles. The Hall–Kier alpha value is -4.50. The van der Waals surface area contributed by atoms with Crippen molar-refractivity contribution in [2.75, 3.05) is 52.7 Å². The van der Waals surface area contributed by atoms with E-state index in [-0.39, 0.29) is 50.6 Å². The van der Waals surface area contributed by atoms with Crippen LogP contribution in [0.25, 0.3) is 0 Å². The first-order chi connectivity index (χ1) is 53.7. The minimum absolute atomic E-state index is 0.0660. The van der Waals surface area contributed by atoms with Gasteiger partial charge < -0.3 is 49.7 Å². The molecule has 0 aromatic carbocycles. The number of carbonyl (C=O) groups is 6. The number of carbonyl (C=O) groups excluding carboxylic acids is 6. The van der Waals surface area contributed by atoms with Crippen molar-refractivity contribution < 1.29 is 57.2 Å². The average molecular weight is 1550 g/mol. The third-order valence-electron chi connectivity index (χ3n) is 23.1. The molecule has 110 heavy (non-hydrogen) atoms. The van der Waals surface area contributed by atoms with Crippen molar-refractivity contribution in [3.63, 3.8) is 0 Å². The van der Waals surface area contributed by atoms with Gasteiger partial charge >= 0.3 is 36.3 Å². The fourth-order valence-electron chi connectivity index (χ4n) is 16.2. The Morgan fingerprint density at radius 3 is 0.636 bits per heavy atom. The van der Waals surface area contributed by atoms with Crippen LogP contribution in [-0.2, 0) is 38.0 Å². The second-order valence-corrected chi connectivity index (χ2v) is 33.4. The number of unbranched alkanes of at least 4 members (excludes halogenated alkanes) is 44. The number of amides is 4. The number of esters is 2. The number of alkyl carbamates (subject to hydrolysis) is 4. The fourth-order valence-corrected chi connectivity index (χ4v) is 16.2. The van der Waals surface area contributed by atoms with Gasteiger partial charge in [0.25, 0.3) is 0 Å². The number of nitrogens with one attached hydrogen (secondary N) is 4. The van der Waals surface area contributed by atoms with E-state index in [1.165, 1.54) is 321 Å². The summed E-state index contributed by atoms with van der Waals surface area (Å²) >= 11 is 0. The second kappa shape index (κ2) is 78.4. The molecule has 4 atom stereocenters. The SMILES string of the molecule is C=C(C)C(=O)OCCNC(=O)OCCCCCCCCC(CCCCCCCCC)C(CCCCCCCCC)CCCCCCCCOC(=O)NC1CCC(NC(=O)OCCCCCCCCC(CCCCCCCCC)C(CCCCCCCCC)CCCCCCCCOC(=O)NCCOC(=O)C(=C)C)CC1. The zero-order valence-electron chi connectivity index (χ0n) is 72.7. The molecule has 1 saturated carbocycles. The lowest BCUT2D eigenvalue weighted by Gasteiger charge is -2.29. The first kappa shape index (κ1) is 104. The molecule has 16 nitrogen and oxygen atoms in total. The molecule has 0 aliphatic heterocycles. The van der Waals surface area contributed by atoms with Gasteiger partial charge in [-0.25, -0.2) is 28.8 Å². The van der Waals surface area contributed by atoms with Gasteiger partial charge in [-0.1, -0.05) is 400 Å². The molecule has 4 unspecified atom stereocenters. The van der Waals surface area contributed by atoms with Crippen molar-refractivity contribution >= 4 is 36.3 Å². The first-order valence-electron chi connectivity index (χ1n) is 47.1. The predicted octanol–water partition coefficient (Wildman–Crippen LogP) is 27.4. The highest BCUT2D eigenvalue weighted by molar-refractivity contribution is 5.87. The van der Waals surface area contributed by atoms with E-state index in [1.54, 1.807) is 13.8 Å². The zero-order valence-corrected chi connectivity index (χ0v) is 72.7. The molecule has 0 saturated heterocycles. The molecule has 1 aliphatic carbocycles. The summed E-state index contributed by atoms with van der Waals surface area (Å²) in [6.07, 6.45) is 78.7. The Morgan fingerprint density at radius 1 is 0.255 bits per heavy atom. The van der Waals surface area contributed by atoms with Gasteiger partial charge in [0.05, 0.1) is 39.5 Å². The highest BCUT2D eigenvalue weighted by atomic mass is 16.6. The lowest BCUT2D eigenvalue weighted by atomic mass is 9.78. The third kappa shape index (κ3) is 66.9. The summed E-state index contributed by atoms with van der Waals surface area (Å²) in [4.78, 5) is 72.9. The topological polar surface area (TPSA) is 206 Å². The van der Waals surface area contributed by atoms with Crippen molar-refractivity contribution in [3.8, 4) is 0 Å². The van der Waals surface area contributed by atoms with Crippen molar-refractivity contribution in [1.82, 2.24) is 21.3 Å². The van der Waals surface area contributed by atoms with E-state index in [9.17, 15) is 28.8 Å². The maximum atomic E-state index is 12.9. The Balaban J connectivity index is 2.50. The Morgan fingerprint density at radius 2 is 0.436 bits per heavy atom. The minimum Gasteiger partial charge on any atom is -0.460 e. The maximum absolute atomic E-state index is 12.9. The molecule has 4 amide bonds. The largest absolute Gasteiger partial charge is 0.460 e. The standard InChI is InChI=1S/C94H176N4O12/c1-9-13-17-21-25-37-49-61-83(65-53-41-29-33-45-57-75-107-91(101)95-73-79-105-89(99)81(5)6)85(63-51-39-27-23-19-15-11-3)67-55-43-31-35-47-59-77-109-93(103)97-87-69-71-88(72-70-87)98-94(104)110-78-60-48-36-32-44-56-68-86(64-52-40-28-24-20-16-12-4)84(62-50-38-26-22-18-14-10-2)66-54-42-30-34-46-58-76-108-92(102)96-74-80-106-90(100)82(7)8/h83-88H,5,7,9-80H2,1-4,6,8H3,(H,95,101)(H,96,102)(H,97,103)(H,98,104). The van der Waals surface area contributed by atoms with E-state index in [0.717, 1.165) is 114 Å². The minimum atomic E-state index is -0.468. The van der Waals surface area contributed by atoms with E-state index < -0.39 is 24.1 Å². The molecule has 0 aromatic rings. The fraction of sp³-hybridized carbons (Fsp3) is 0.894. The molecule has 1 rings (SSSR count). The molecule has 644 valence electrons. The van der Waals surface area contributed by atoms with Crippen LogP contribution in [0.5, 0.6) is 0 Å². The van der Waals surface area contributed by atoms with Crippen LogP contribution in [0.1, 0.15) is 452 Å². The molecule has 0 aromatic heterocycles. The van der Waals surface area contributed by atoms with Crippen LogP contribution >= 0.6 is 0 Å². The van der Waals surface area contributed by atoms with E-state index in [1.807, 2.05) is 0 Å². The maximum Gasteiger partial charge on any atom is 0.407 e. The van der Waals surface area contributed by atoms with Crippen molar-refractivity contribution in [2.45, 2.75) is 465 Å². The monoisotopic (exact) mass is 1550 g/mol. The lowest BCUT2D eigenvalue weighted by molar-refractivity contribution is -0.139. The lowest BCUT2D eigenvalue weighted by Crippen LogP contribution is -2.44. The van der Waals surface area contributed by atoms with Crippen LogP contribution in [-0.4, -0.2) is 101 Å². The Bertz CT molecular complexity index is 2020. The summed E-state index contributed by atoms with van der Waals surface area (Å²) in [5, 5.41) is 11.5. The van der Waals surface area contributed by atoms with Crippen molar-refractivity contribution in [3.05, 3.63) is 24.3 Å². The summed E-state index contributed by atoms with van der Waals surface area (Å²) in [6.45, 7) is 21.9. The number of hydrogen-bond acceptors (Lipinski definition) is 12. The van der Waals surface area contributed by atoms with E-state index in [0.29, 0.717) is 37.6 Å². The van der Waals surface area contributed by atoms with Gasteiger partial charge in [0.2, 0.25) is 0 Å². The van der Waals surface area contributed by atoms with Gasteiger partial charge in [0.15, 0.2) is 0 Å². The molecular formula is C94H176N4O12. The molecule has 4 N–H and O–H groups in total. The number of hydrogen-bond donors (Lipinski definition) is 4. The summed E-state index contributed by atoms with van der Waals surface area (Å²) in [5.41, 5.74) is 0.676. The van der Waals surface area contributed by atoms with E-state index in [2.05, 4.69) is 62.1 Å². The zero-order chi connectivity index (χ0) is 80.1. The van der Waals surface area contributed by atoms with Gasteiger partial charge in [-0.05, 0) is 88.9 Å². The van der Waals surface area contributed by atoms with Crippen LogP contribution in [0.3, 0.4) is 0 Å². The molecule has 0 radical (unpaired) electrons. The molecular weight excluding hydrogens is 1380 g/mol. The first-order valence-corrected chi connectivity index (χ1v) is 47.1. The predicted molar refractivity (Wildman–Crippen MR) is 459 cm³/mol. The summed E-state index contributed by atoms with van der Waals surface area (Å²) in [6, 6.07) is 0.132. The Kier molecular flexibility index (Phi) is 73.8. The van der Waals surface area contributed by atoms with Crippen molar-refractivity contribution in [2.24, 2.45) is 23.7 Å². The van der Waals surface area contributed by atoms with E-state index >= 15 is 0 Å². The Labute approximate surface area is 676 Å². The molecule has 16 heteroatoms. The van der Waals surface area contributed by atoms with Gasteiger partial charge in [0.1, 0.15) is 13.2 Å². The van der Waals surface area contributed by atoms with Crippen LogP contribution in [0.15, 0.2) is 24.3 Å². The van der Waals surface area contributed by atoms with Crippen LogP contribution < -0.4 is 21.3 Å². The molecule has 1 fully saturated rings. The molecule has 1 aliphatic rings. The van der Waals surface area contributed by atoms with E-state index in [4.69, 9.17) is 28.4 Å². The summed E-state index contributed by atoms with van der Waals surface area (Å²) < 4.78 is 32.1. The highest BCUT2D eigenvalue weighted by Crippen LogP contribution is 2.36. The third-order valence-corrected chi connectivity index (χ3v) is 23.1. The van der Waals surface area contributed by atoms with Crippen LogP contribution in [0.2, 0.25) is 0 Å². The number of rotatable bonds is 80. The summed E-state index contributed by atoms with van der Waals surface area (Å²) in [7, 11) is 0. The normalized spacial score (nSPS) is 14.6. The van der Waals surface area contributed by atoms with Crippen LogP contribution in [0, 0.1) is 23.7 Å². The quantitative estimate of drug-likeness (QED) is 0.0194. The smallest absolute Gasteiger partial charge is 0.407 e. The van der Waals surface area contributed by atoms with Gasteiger partial charge in [-0.3, -0.25) is 0 Å². The second-order valence-electron chi connectivity index (χ2n) is 33.4. The average Bonchev–Trinajstić information content (AvgIpc) is 0.904. The van der Waals surface area contributed by atoms with Gasteiger partial charge in [0, 0.05) is 23.2 Å². The van der Waals surface area contributed by atoms with Gasteiger partial charge in [-0.15, -0.1) is 0 Å². The highest BCUT2D eigenvalue weighted by Gasteiger charge is 2.26. The van der Waals surface area contributed by atoms with Crippen molar-refractivity contribution in [1.29, 1.82) is 0 Å². The summed E-state index contributed by atoms with van der Waals surface area (Å²) in [5.74, 6) is 2.38.